The van der Waals surface area contributed by atoms with E-state index >= 15 is 0 Å². The van der Waals surface area contributed by atoms with Crippen LogP contribution in [0.2, 0.25) is 0 Å². The van der Waals surface area contributed by atoms with Crippen LogP contribution in [0.1, 0.15) is 32.6 Å². The van der Waals surface area contributed by atoms with Crippen molar-refractivity contribution in [3.8, 4) is 0 Å². The van der Waals surface area contributed by atoms with E-state index in [2.05, 4.69) is 6.92 Å². The molecule has 1 rings (SSSR count). The first kappa shape index (κ1) is 9.92. The molecule has 1 aliphatic rings. The molecule has 0 amide bonds. The van der Waals surface area contributed by atoms with Crippen LogP contribution in [0.3, 0.4) is 0 Å². The van der Waals surface area contributed by atoms with Crippen molar-refractivity contribution in [2.45, 2.75) is 38.7 Å². The van der Waals surface area contributed by atoms with Crippen molar-refractivity contribution in [2.24, 2.45) is 5.92 Å². The van der Waals surface area contributed by atoms with E-state index in [1.165, 1.54) is 12.8 Å². The SMILES string of the molecule is CC1CCC(O)CC1.CO. The Balaban J connectivity index is 0.000000371. The summed E-state index contributed by atoms with van der Waals surface area (Å²) < 4.78 is 0. The van der Waals surface area contributed by atoms with E-state index in [1.54, 1.807) is 0 Å². The van der Waals surface area contributed by atoms with Crippen LogP contribution in [0.5, 0.6) is 0 Å². The Labute approximate surface area is 62.9 Å². The molecular weight excluding hydrogens is 128 g/mol. The van der Waals surface area contributed by atoms with Crippen molar-refractivity contribution < 1.29 is 10.2 Å². The van der Waals surface area contributed by atoms with Gasteiger partial charge in [-0.05, 0) is 31.6 Å². The second-order valence-electron chi connectivity index (χ2n) is 2.91. The summed E-state index contributed by atoms with van der Waals surface area (Å²) in [5.41, 5.74) is 0. The molecule has 0 aromatic carbocycles. The Hall–Kier alpha value is -0.0800. The molecule has 0 aromatic rings. The first-order chi connectivity index (χ1) is 4.79. The molecule has 0 radical (unpaired) electrons. The van der Waals surface area contributed by atoms with Gasteiger partial charge >= 0.3 is 0 Å². The minimum absolute atomic E-state index is 0.0196. The predicted molar refractivity (Wildman–Crippen MR) is 41.8 cm³/mol. The topological polar surface area (TPSA) is 40.5 Å². The van der Waals surface area contributed by atoms with Crippen molar-refractivity contribution in [2.75, 3.05) is 7.11 Å². The Morgan fingerprint density at radius 3 is 1.70 bits per heavy atom. The van der Waals surface area contributed by atoms with E-state index in [0.717, 1.165) is 25.9 Å². The van der Waals surface area contributed by atoms with Crippen molar-refractivity contribution >= 4 is 0 Å². The summed E-state index contributed by atoms with van der Waals surface area (Å²) in [6.45, 7) is 2.26. The second-order valence-corrected chi connectivity index (χ2v) is 2.91. The van der Waals surface area contributed by atoms with Crippen molar-refractivity contribution in [3.05, 3.63) is 0 Å². The van der Waals surface area contributed by atoms with Crippen molar-refractivity contribution in [1.82, 2.24) is 0 Å². The van der Waals surface area contributed by atoms with E-state index in [-0.39, 0.29) is 6.10 Å². The molecular formula is C8H18O2. The molecule has 0 bridgehead atoms. The van der Waals surface area contributed by atoms with Gasteiger partial charge in [0.15, 0.2) is 0 Å². The predicted octanol–water partition coefficient (Wildman–Crippen LogP) is 1.17. The van der Waals surface area contributed by atoms with Gasteiger partial charge in [-0.25, -0.2) is 0 Å². The fourth-order valence-electron chi connectivity index (χ4n) is 1.24. The normalized spacial score (nSPS) is 32.4. The van der Waals surface area contributed by atoms with Gasteiger partial charge in [0.2, 0.25) is 0 Å². The lowest BCUT2D eigenvalue weighted by Gasteiger charge is -2.21. The lowest BCUT2D eigenvalue weighted by atomic mass is 9.89. The zero-order valence-electron chi connectivity index (χ0n) is 6.88. The van der Waals surface area contributed by atoms with Gasteiger partial charge in [0.25, 0.3) is 0 Å². The molecule has 0 heterocycles. The standard InChI is InChI=1S/C7H14O.CH4O/c1-6-2-4-7(8)5-3-6;1-2/h6-8H,2-5H2,1H3;2H,1H3. The highest BCUT2D eigenvalue weighted by Gasteiger charge is 2.14. The Kier molecular flexibility index (Phi) is 5.64. The first-order valence-electron chi connectivity index (χ1n) is 3.92. The molecule has 2 heteroatoms. The Morgan fingerprint density at radius 2 is 1.40 bits per heavy atom. The number of aliphatic hydroxyl groups is 2. The molecule has 1 fully saturated rings. The summed E-state index contributed by atoms with van der Waals surface area (Å²) in [6.07, 6.45) is 4.52. The largest absolute Gasteiger partial charge is 0.400 e. The highest BCUT2D eigenvalue weighted by molar-refractivity contribution is 4.67. The molecule has 2 nitrogen and oxygen atoms in total. The third kappa shape index (κ3) is 3.85. The molecule has 10 heavy (non-hydrogen) atoms. The van der Waals surface area contributed by atoms with Crippen LogP contribution in [0.25, 0.3) is 0 Å². The zero-order valence-corrected chi connectivity index (χ0v) is 6.88. The number of aliphatic hydroxyl groups excluding tert-OH is 2. The molecule has 0 unspecified atom stereocenters. The quantitative estimate of drug-likeness (QED) is 0.538. The Bertz CT molecular complexity index is 55.7. The molecule has 0 atom stereocenters. The van der Waals surface area contributed by atoms with Gasteiger partial charge in [0, 0.05) is 7.11 Å². The van der Waals surface area contributed by atoms with Crippen LogP contribution in [0, 0.1) is 5.92 Å². The van der Waals surface area contributed by atoms with Crippen LogP contribution in [0.15, 0.2) is 0 Å². The third-order valence-corrected chi connectivity index (χ3v) is 1.99. The third-order valence-electron chi connectivity index (χ3n) is 1.99. The second kappa shape index (κ2) is 5.69. The minimum Gasteiger partial charge on any atom is -0.400 e. The summed E-state index contributed by atoms with van der Waals surface area (Å²) >= 11 is 0. The van der Waals surface area contributed by atoms with Crippen LogP contribution in [-0.4, -0.2) is 23.4 Å². The summed E-state index contributed by atoms with van der Waals surface area (Å²) in [5, 5.41) is 16.0. The van der Waals surface area contributed by atoms with Gasteiger partial charge in [0.05, 0.1) is 6.10 Å². The number of hydrogen-bond donors (Lipinski definition) is 2. The number of rotatable bonds is 0. The summed E-state index contributed by atoms with van der Waals surface area (Å²) in [7, 11) is 1.00. The number of hydrogen-bond acceptors (Lipinski definition) is 2. The molecule has 1 aliphatic carbocycles. The van der Waals surface area contributed by atoms with E-state index in [1.807, 2.05) is 0 Å². The highest BCUT2D eigenvalue weighted by Crippen LogP contribution is 2.22. The fraction of sp³-hybridized carbons (Fsp3) is 1.00. The average molecular weight is 146 g/mol. The van der Waals surface area contributed by atoms with E-state index in [9.17, 15) is 0 Å². The van der Waals surface area contributed by atoms with Crippen molar-refractivity contribution in [1.29, 1.82) is 0 Å². The van der Waals surface area contributed by atoms with Crippen LogP contribution in [0.4, 0.5) is 0 Å². The fourth-order valence-corrected chi connectivity index (χ4v) is 1.24. The van der Waals surface area contributed by atoms with Gasteiger partial charge in [-0.1, -0.05) is 6.92 Å². The monoisotopic (exact) mass is 146 g/mol. The van der Waals surface area contributed by atoms with Crippen molar-refractivity contribution in [3.63, 3.8) is 0 Å². The first-order valence-corrected chi connectivity index (χ1v) is 3.92. The molecule has 0 saturated heterocycles. The Morgan fingerprint density at radius 1 is 1.00 bits per heavy atom. The maximum atomic E-state index is 9.03. The van der Waals surface area contributed by atoms with E-state index < -0.39 is 0 Å². The van der Waals surface area contributed by atoms with Gasteiger partial charge in [-0.2, -0.15) is 0 Å². The lowest BCUT2D eigenvalue weighted by Crippen LogP contribution is -2.15. The average Bonchev–Trinajstić information content (AvgIpc) is 2.00. The minimum atomic E-state index is 0.0196. The maximum absolute atomic E-state index is 9.03. The molecule has 0 spiro atoms. The molecule has 2 N–H and O–H groups in total. The van der Waals surface area contributed by atoms with Gasteiger partial charge in [-0.15, -0.1) is 0 Å². The lowest BCUT2D eigenvalue weighted by molar-refractivity contribution is 0.112. The van der Waals surface area contributed by atoms with Gasteiger partial charge in [0.1, 0.15) is 0 Å². The van der Waals surface area contributed by atoms with Crippen LogP contribution in [-0.2, 0) is 0 Å². The smallest absolute Gasteiger partial charge is 0.0540 e. The maximum Gasteiger partial charge on any atom is 0.0540 e. The van der Waals surface area contributed by atoms with Crippen LogP contribution < -0.4 is 0 Å². The summed E-state index contributed by atoms with van der Waals surface area (Å²) in [6, 6.07) is 0. The molecule has 0 aliphatic heterocycles. The van der Waals surface area contributed by atoms with E-state index in [4.69, 9.17) is 10.2 Å². The van der Waals surface area contributed by atoms with Gasteiger partial charge < -0.3 is 10.2 Å². The molecule has 62 valence electrons. The van der Waals surface area contributed by atoms with E-state index in [0.29, 0.717) is 0 Å². The van der Waals surface area contributed by atoms with Crippen LogP contribution >= 0.6 is 0 Å². The summed E-state index contributed by atoms with van der Waals surface area (Å²) in [4.78, 5) is 0. The summed E-state index contributed by atoms with van der Waals surface area (Å²) in [5.74, 6) is 0.860. The molecule has 0 aromatic heterocycles. The zero-order chi connectivity index (χ0) is 7.98. The van der Waals surface area contributed by atoms with Gasteiger partial charge in [-0.3, -0.25) is 0 Å². The molecule has 1 saturated carbocycles. The highest BCUT2D eigenvalue weighted by atomic mass is 16.3.